The van der Waals surface area contributed by atoms with Crippen LogP contribution < -0.4 is 4.90 Å². The summed E-state index contributed by atoms with van der Waals surface area (Å²) in [4.78, 5) is 1.93. The summed E-state index contributed by atoms with van der Waals surface area (Å²) in [5.41, 5.74) is -0.961. The fourth-order valence-corrected chi connectivity index (χ4v) is 2.29. The second kappa shape index (κ2) is 6.71. The summed E-state index contributed by atoms with van der Waals surface area (Å²) in [6, 6.07) is 2.34. The highest BCUT2D eigenvalue weighted by molar-refractivity contribution is 9.09. The van der Waals surface area contributed by atoms with Crippen molar-refractivity contribution in [2.45, 2.75) is 25.1 Å². The molecule has 2 rings (SSSR count). The van der Waals surface area contributed by atoms with Crippen LogP contribution in [0.4, 0.5) is 19.0 Å². The van der Waals surface area contributed by atoms with Crippen LogP contribution in [0.2, 0.25) is 0 Å². The van der Waals surface area contributed by atoms with Crippen molar-refractivity contribution >= 4 is 21.7 Å². The summed E-state index contributed by atoms with van der Waals surface area (Å²) in [6.45, 7) is 2.10. The number of rotatable bonds is 4. The van der Waals surface area contributed by atoms with Gasteiger partial charge in [0.25, 0.3) is 0 Å². The third-order valence-corrected chi connectivity index (χ3v) is 3.46. The number of anilines is 1. The van der Waals surface area contributed by atoms with Crippen molar-refractivity contribution in [3.8, 4) is 0 Å². The molecule has 0 amide bonds. The van der Waals surface area contributed by atoms with E-state index in [0.717, 1.165) is 24.2 Å². The maximum atomic E-state index is 12.4. The zero-order valence-electron chi connectivity index (χ0n) is 10.7. The molecule has 0 unspecified atom stereocenters. The molecule has 0 atom stereocenters. The van der Waals surface area contributed by atoms with Gasteiger partial charge >= 0.3 is 6.18 Å². The lowest BCUT2D eigenvalue weighted by atomic mass is 10.1. The van der Waals surface area contributed by atoms with Crippen LogP contribution in [0.15, 0.2) is 12.1 Å². The number of nitrogens with zero attached hydrogens (tertiary/aromatic N) is 3. The number of piperidine rings is 1. The van der Waals surface area contributed by atoms with E-state index in [4.69, 9.17) is 4.74 Å². The van der Waals surface area contributed by atoms with E-state index < -0.39 is 11.9 Å². The molecule has 1 saturated heterocycles. The number of ether oxygens (including phenoxy) is 1. The summed E-state index contributed by atoms with van der Waals surface area (Å²) >= 11 is 3.30. The van der Waals surface area contributed by atoms with E-state index in [1.807, 2.05) is 4.90 Å². The lowest BCUT2D eigenvalue weighted by Crippen LogP contribution is -2.37. The van der Waals surface area contributed by atoms with Gasteiger partial charge < -0.3 is 9.64 Å². The van der Waals surface area contributed by atoms with Crippen molar-refractivity contribution in [2.24, 2.45) is 0 Å². The first-order chi connectivity index (χ1) is 9.50. The zero-order valence-corrected chi connectivity index (χ0v) is 12.3. The second-order valence-corrected chi connectivity index (χ2v) is 5.31. The number of aromatic nitrogens is 2. The molecule has 1 aliphatic rings. The Morgan fingerprint density at radius 2 is 1.95 bits per heavy atom. The van der Waals surface area contributed by atoms with E-state index in [0.29, 0.717) is 25.5 Å². The summed E-state index contributed by atoms with van der Waals surface area (Å²) in [7, 11) is 0. The van der Waals surface area contributed by atoms with Crippen molar-refractivity contribution in [2.75, 3.05) is 29.9 Å². The molecule has 0 aromatic carbocycles. The summed E-state index contributed by atoms with van der Waals surface area (Å²) in [6.07, 6.45) is -2.54. The Kier molecular flexibility index (Phi) is 5.20. The van der Waals surface area contributed by atoms with Gasteiger partial charge in [-0.3, -0.25) is 0 Å². The van der Waals surface area contributed by atoms with Crippen LogP contribution >= 0.6 is 15.9 Å². The van der Waals surface area contributed by atoms with E-state index in [1.54, 1.807) is 0 Å². The summed E-state index contributed by atoms with van der Waals surface area (Å²) in [5.74, 6) is 0.483. The van der Waals surface area contributed by atoms with Gasteiger partial charge in [0.05, 0.1) is 12.7 Å². The van der Waals surface area contributed by atoms with Gasteiger partial charge in [0.2, 0.25) is 0 Å². The van der Waals surface area contributed by atoms with E-state index in [2.05, 4.69) is 26.1 Å². The van der Waals surface area contributed by atoms with Crippen LogP contribution in [0, 0.1) is 0 Å². The Morgan fingerprint density at radius 3 is 2.45 bits per heavy atom. The number of hydrogen-bond donors (Lipinski definition) is 0. The molecule has 1 fully saturated rings. The lowest BCUT2D eigenvalue weighted by Gasteiger charge is -2.32. The van der Waals surface area contributed by atoms with Gasteiger partial charge in [-0.25, -0.2) is 0 Å². The first-order valence-corrected chi connectivity index (χ1v) is 7.46. The fourth-order valence-electron chi connectivity index (χ4n) is 2.11. The van der Waals surface area contributed by atoms with Crippen LogP contribution in [0.5, 0.6) is 0 Å². The van der Waals surface area contributed by atoms with Crippen molar-refractivity contribution in [1.29, 1.82) is 0 Å². The molecule has 1 aromatic heterocycles. The van der Waals surface area contributed by atoms with Crippen LogP contribution in [-0.4, -0.2) is 41.3 Å². The summed E-state index contributed by atoms with van der Waals surface area (Å²) < 4.78 is 42.8. The minimum absolute atomic E-state index is 0.214. The van der Waals surface area contributed by atoms with Gasteiger partial charge in [-0.2, -0.15) is 13.2 Å². The van der Waals surface area contributed by atoms with Crippen LogP contribution in [0.3, 0.4) is 0 Å². The minimum Gasteiger partial charge on any atom is -0.377 e. The molecule has 8 heteroatoms. The molecule has 2 heterocycles. The highest BCUT2D eigenvalue weighted by atomic mass is 79.9. The lowest BCUT2D eigenvalue weighted by molar-refractivity contribution is -0.141. The molecular weight excluding hydrogens is 339 g/mol. The standard InChI is InChI=1S/C12H15BrF3N3O/c13-5-8-20-9-3-6-19(7-4-9)11-2-1-10(17-18-11)12(14,15)16/h1-2,9H,3-8H2. The van der Waals surface area contributed by atoms with E-state index in [9.17, 15) is 13.2 Å². The monoisotopic (exact) mass is 353 g/mol. The predicted octanol–water partition coefficient (Wildman–Crippen LogP) is 2.88. The van der Waals surface area contributed by atoms with Crippen LogP contribution in [0.1, 0.15) is 18.5 Å². The van der Waals surface area contributed by atoms with Crippen LogP contribution in [0.25, 0.3) is 0 Å². The molecule has 0 bridgehead atoms. The molecule has 4 nitrogen and oxygen atoms in total. The molecule has 1 aliphatic heterocycles. The Morgan fingerprint density at radius 1 is 1.25 bits per heavy atom. The average molecular weight is 354 g/mol. The molecule has 20 heavy (non-hydrogen) atoms. The van der Waals surface area contributed by atoms with Crippen molar-refractivity contribution in [3.63, 3.8) is 0 Å². The third kappa shape index (κ3) is 4.05. The van der Waals surface area contributed by atoms with Gasteiger partial charge in [-0.15, -0.1) is 10.2 Å². The second-order valence-electron chi connectivity index (χ2n) is 4.52. The third-order valence-electron chi connectivity index (χ3n) is 3.14. The molecule has 0 radical (unpaired) electrons. The van der Waals surface area contributed by atoms with Gasteiger partial charge in [-0.1, -0.05) is 15.9 Å². The van der Waals surface area contributed by atoms with Gasteiger partial charge in [-0.05, 0) is 25.0 Å². The van der Waals surface area contributed by atoms with E-state index in [1.165, 1.54) is 6.07 Å². The topological polar surface area (TPSA) is 38.2 Å². The van der Waals surface area contributed by atoms with E-state index >= 15 is 0 Å². The van der Waals surface area contributed by atoms with E-state index in [-0.39, 0.29) is 6.10 Å². The van der Waals surface area contributed by atoms with Crippen molar-refractivity contribution < 1.29 is 17.9 Å². The van der Waals surface area contributed by atoms with Gasteiger partial charge in [0, 0.05) is 18.4 Å². The molecule has 112 valence electrons. The first-order valence-electron chi connectivity index (χ1n) is 6.34. The molecule has 0 spiro atoms. The van der Waals surface area contributed by atoms with Crippen molar-refractivity contribution in [3.05, 3.63) is 17.8 Å². The Hall–Kier alpha value is -0.890. The maximum Gasteiger partial charge on any atom is 0.435 e. The molecule has 0 N–H and O–H groups in total. The molecule has 0 aliphatic carbocycles. The molecule has 0 saturated carbocycles. The highest BCUT2D eigenvalue weighted by Crippen LogP contribution is 2.28. The first kappa shape index (κ1) is 15.5. The summed E-state index contributed by atoms with van der Waals surface area (Å²) in [5, 5.41) is 7.71. The smallest absolute Gasteiger partial charge is 0.377 e. The fraction of sp³-hybridized carbons (Fsp3) is 0.667. The predicted molar refractivity (Wildman–Crippen MR) is 72.0 cm³/mol. The largest absolute Gasteiger partial charge is 0.435 e. The Bertz CT molecular complexity index is 419. The quantitative estimate of drug-likeness (QED) is 0.780. The minimum atomic E-state index is -4.44. The number of alkyl halides is 4. The zero-order chi connectivity index (χ0) is 14.6. The average Bonchev–Trinajstić information content (AvgIpc) is 2.45. The van der Waals surface area contributed by atoms with Gasteiger partial charge in [0.15, 0.2) is 11.5 Å². The highest BCUT2D eigenvalue weighted by Gasteiger charge is 2.33. The normalized spacial score (nSPS) is 17.5. The molecular formula is C12H15BrF3N3O. The number of halogens is 4. The maximum absolute atomic E-state index is 12.4. The van der Waals surface area contributed by atoms with Crippen LogP contribution in [-0.2, 0) is 10.9 Å². The Balaban J connectivity index is 1.90. The number of hydrogen-bond acceptors (Lipinski definition) is 4. The SMILES string of the molecule is FC(F)(F)c1ccc(N2CCC(OCCBr)CC2)nn1. The van der Waals surface area contributed by atoms with Gasteiger partial charge in [0.1, 0.15) is 0 Å². The van der Waals surface area contributed by atoms with Crippen molar-refractivity contribution in [1.82, 2.24) is 10.2 Å². The molecule has 1 aromatic rings. The Labute approximate surface area is 123 Å².